The molecular weight excluding hydrogens is 162 g/mol. The summed E-state index contributed by atoms with van der Waals surface area (Å²) in [5, 5.41) is 0. The maximum atomic E-state index is 5.36. The number of aromatic nitrogens is 2. The number of hydrogen-bond acceptors (Lipinski definition) is 2. The fraction of sp³-hybridized carbons (Fsp3) is 0.100. The topological polar surface area (TPSA) is 54.7 Å². The highest BCUT2D eigenvalue weighted by Crippen LogP contribution is 2.12. The number of rotatable bonds is 2. The molecule has 0 amide bonds. The first-order valence-corrected chi connectivity index (χ1v) is 4.20. The van der Waals surface area contributed by atoms with Gasteiger partial charge in [-0.15, -0.1) is 0 Å². The number of nitrogens with two attached hydrogens (primary N) is 1. The molecule has 3 heteroatoms. The van der Waals surface area contributed by atoms with Crippen LogP contribution in [0.25, 0.3) is 17.1 Å². The Morgan fingerprint density at radius 3 is 3.23 bits per heavy atom. The summed E-state index contributed by atoms with van der Waals surface area (Å²) in [6.45, 7) is 0.570. The van der Waals surface area contributed by atoms with E-state index in [0.29, 0.717) is 6.54 Å². The second-order valence-corrected chi connectivity index (χ2v) is 2.82. The molecule has 0 spiro atoms. The van der Waals surface area contributed by atoms with Crippen molar-refractivity contribution < 1.29 is 0 Å². The van der Waals surface area contributed by atoms with Gasteiger partial charge < -0.3 is 10.7 Å². The van der Waals surface area contributed by atoms with E-state index in [-0.39, 0.29) is 0 Å². The first-order valence-electron chi connectivity index (χ1n) is 4.20. The molecule has 2 aromatic rings. The molecule has 0 fully saturated rings. The van der Waals surface area contributed by atoms with E-state index in [9.17, 15) is 0 Å². The molecule has 0 saturated heterocycles. The highest BCUT2D eigenvalue weighted by Gasteiger charge is 1.94. The lowest BCUT2D eigenvalue weighted by molar-refractivity contribution is 1.26. The summed E-state index contributed by atoms with van der Waals surface area (Å²) in [7, 11) is 0. The van der Waals surface area contributed by atoms with Crippen LogP contribution >= 0.6 is 0 Å². The molecule has 0 saturated carbocycles. The van der Waals surface area contributed by atoms with Crippen molar-refractivity contribution in [1.29, 1.82) is 0 Å². The smallest absolute Gasteiger partial charge is 0.0931 e. The minimum absolute atomic E-state index is 0.570. The minimum Gasteiger partial charge on any atom is -0.345 e. The summed E-state index contributed by atoms with van der Waals surface area (Å²) >= 11 is 0. The molecule has 2 rings (SSSR count). The summed E-state index contributed by atoms with van der Waals surface area (Å²) in [6, 6.07) is 6.06. The molecule has 66 valence electrons. The zero-order valence-corrected chi connectivity index (χ0v) is 7.20. The fourth-order valence-corrected chi connectivity index (χ4v) is 1.26. The van der Waals surface area contributed by atoms with E-state index in [1.807, 2.05) is 24.3 Å². The molecule has 3 nitrogen and oxygen atoms in total. The summed E-state index contributed by atoms with van der Waals surface area (Å²) in [6.07, 6.45) is 5.62. The molecule has 0 radical (unpaired) electrons. The fourth-order valence-electron chi connectivity index (χ4n) is 1.26. The number of hydrogen-bond donors (Lipinski definition) is 2. The van der Waals surface area contributed by atoms with Gasteiger partial charge in [0.05, 0.1) is 17.4 Å². The molecule has 1 aromatic carbocycles. The van der Waals surface area contributed by atoms with Crippen LogP contribution in [-0.4, -0.2) is 16.5 Å². The molecule has 1 aromatic heterocycles. The van der Waals surface area contributed by atoms with Gasteiger partial charge in [-0.1, -0.05) is 18.2 Å². The van der Waals surface area contributed by atoms with Gasteiger partial charge in [0.1, 0.15) is 0 Å². The van der Waals surface area contributed by atoms with Gasteiger partial charge in [-0.2, -0.15) is 0 Å². The van der Waals surface area contributed by atoms with Gasteiger partial charge in [0.25, 0.3) is 0 Å². The monoisotopic (exact) mass is 173 g/mol. The first-order chi connectivity index (χ1) is 6.40. The predicted octanol–water partition coefficient (Wildman–Crippen LogP) is 1.53. The van der Waals surface area contributed by atoms with E-state index < -0.39 is 0 Å². The Morgan fingerprint density at radius 2 is 2.38 bits per heavy atom. The maximum Gasteiger partial charge on any atom is 0.0931 e. The van der Waals surface area contributed by atoms with Crippen LogP contribution in [0.15, 0.2) is 30.6 Å². The van der Waals surface area contributed by atoms with Crippen LogP contribution < -0.4 is 5.73 Å². The van der Waals surface area contributed by atoms with Gasteiger partial charge >= 0.3 is 0 Å². The van der Waals surface area contributed by atoms with Crippen molar-refractivity contribution in [3.63, 3.8) is 0 Å². The molecule has 0 unspecified atom stereocenters. The lowest BCUT2D eigenvalue weighted by atomic mass is 10.2. The van der Waals surface area contributed by atoms with Crippen LogP contribution in [0.1, 0.15) is 5.56 Å². The van der Waals surface area contributed by atoms with Crippen LogP contribution in [0, 0.1) is 0 Å². The Kier molecular flexibility index (Phi) is 2.10. The van der Waals surface area contributed by atoms with Gasteiger partial charge in [0.2, 0.25) is 0 Å². The molecule has 0 atom stereocenters. The highest BCUT2D eigenvalue weighted by atomic mass is 14.9. The zero-order chi connectivity index (χ0) is 9.10. The number of aromatic amines is 1. The second-order valence-electron chi connectivity index (χ2n) is 2.82. The lowest BCUT2D eigenvalue weighted by Crippen LogP contribution is -1.91. The van der Waals surface area contributed by atoms with Gasteiger partial charge in [-0.25, -0.2) is 4.98 Å². The average Bonchev–Trinajstić information content (AvgIpc) is 2.61. The van der Waals surface area contributed by atoms with Crippen molar-refractivity contribution in [3.05, 3.63) is 36.2 Å². The third kappa shape index (κ3) is 1.60. The van der Waals surface area contributed by atoms with Crippen molar-refractivity contribution in [2.24, 2.45) is 5.73 Å². The van der Waals surface area contributed by atoms with E-state index in [1.165, 1.54) is 0 Å². The summed E-state index contributed by atoms with van der Waals surface area (Å²) in [5.41, 5.74) is 8.55. The summed E-state index contributed by atoms with van der Waals surface area (Å²) < 4.78 is 0. The molecule has 0 aliphatic heterocycles. The molecular formula is C10H11N3. The van der Waals surface area contributed by atoms with Gasteiger partial charge in [0.15, 0.2) is 0 Å². The van der Waals surface area contributed by atoms with Crippen LogP contribution in [0.3, 0.4) is 0 Å². The number of H-pyrrole nitrogens is 1. The number of imidazole rings is 1. The quantitative estimate of drug-likeness (QED) is 0.723. The van der Waals surface area contributed by atoms with Crippen LogP contribution in [-0.2, 0) is 0 Å². The van der Waals surface area contributed by atoms with Crippen molar-refractivity contribution in [2.75, 3.05) is 6.54 Å². The SMILES string of the molecule is NC/C=C/c1ccc2nc[nH]c2c1. The summed E-state index contributed by atoms with van der Waals surface area (Å²) in [5.74, 6) is 0. The van der Waals surface area contributed by atoms with Gasteiger partial charge in [-0.3, -0.25) is 0 Å². The number of nitrogens with zero attached hydrogens (tertiary/aromatic N) is 1. The van der Waals surface area contributed by atoms with Crippen LogP contribution in [0.5, 0.6) is 0 Å². The minimum atomic E-state index is 0.570. The maximum absolute atomic E-state index is 5.36. The van der Waals surface area contributed by atoms with Gasteiger partial charge in [0, 0.05) is 6.54 Å². The number of fused-ring (bicyclic) bond motifs is 1. The number of benzene rings is 1. The van der Waals surface area contributed by atoms with Crippen molar-refractivity contribution in [2.45, 2.75) is 0 Å². The van der Waals surface area contributed by atoms with E-state index >= 15 is 0 Å². The van der Waals surface area contributed by atoms with Crippen molar-refractivity contribution >= 4 is 17.1 Å². The third-order valence-electron chi connectivity index (χ3n) is 1.89. The van der Waals surface area contributed by atoms with Crippen LogP contribution in [0.2, 0.25) is 0 Å². The van der Waals surface area contributed by atoms with Gasteiger partial charge in [-0.05, 0) is 17.7 Å². The molecule has 13 heavy (non-hydrogen) atoms. The van der Waals surface area contributed by atoms with Crippen molar-refractivity contribution in [3.8, 4) is 0 Å². The van der Waals surface area contributed by atoms with E-state index in [0.717, 1.165) is 16.6 Å². The molecule has 0 bridgehead atoms. The molecule has 1 heterocycles. The second kappa shape index (κ2) is 3.41. The van der Waals surface area contributed by atoms with Crippen molar-refractivity contribution in [1.82, 2.24) is 9.97 Å². The number of nitrogens with one attached hydrogen (secondary N) is 1. The Morgan fingerprint density at radius 1 is 1.46 bits per heavy atom. The van der Waals surface area contributed by atoms with E-state index in [2.05, 4.69) is 16.0 Å². The zero-order valence-electron chi connectivity index (χ0n) is 7.20. The predicted molar refractivity (Wildman–Crippen MR) is 54.2 cm³/mol. The van der Waals surface area contributed by atoms with Crippen LogP contribution in [0.4, 0.5) is 0 Å². The van der Waals surface area contributed by atoms with E-state index in [1.54, 1.807) is 6.33 Å². The first kappa shape index (κ1) is 8.01. The Bertz CT molecular complexity index is 428. The standard InChI is InChI=1S/C10H11N3/c11-5-1-2-8-3-4-9-10(6-8)13-7-12-9/h1-4,6-7H,5,11H2,(H,12,13)/b2-1+. The normalized spacial score (nSPS) is 11.5. The average molecular weight is 173 g/mol. The lowest BCUT2D eigenvalue weighted by Gasteiger charge is -1.92. The summed E-state index contributed by atoms with van der Waals surface area (Å²) in [4.78, 5) is 7.20. The largest absolute Gasteiger partial charge is 0.345 e. The molecule has 3 N–H and O–H groups in total. The molecule has 0 aliphatic rings. The molecule has 0 aliphatic carbocycles. The third-order valence-corrected chi connectivity index (χ3v) is 1.89. The Labute approximate surface area is 76.3 Å². The Hall–Kier alpha value is -1.61. The highest BCUT2D eigenvalue weighted by molar-refractivity contribution is 5.77. The van der Waals surface area contributed by atoms with E-state index in [4.69, 9.17) is 5.73 Å². The Balaban J connectivity index is 2.42.